The molecule has 1 amide bonds. The molecule has 0 atom stereocenters. The highest BCUT2D eigenvalue weighted by atomic mass is 32.2. The fourth-order valence-electron chi connectivity index (χ4n) is 5.05. The molecule has 0 N–H and O–H groups in total. The van der Waals surface area contributed by atoms with Crippen LogP contribution in [0.3, 0.4) is 0 Å². The number of aromatic nitrogens is 3. The molecule has 0 unspecified atom stereocenters. The van der Waals surface area contributed by atoms with Crippen LogP contribution in [0.5, 0.6) is 5.75 Å². The molecule has 1 aliphatic carbocycles. The number of alkyl halides is 3. The lowest BCUT2D eigenvalue weighted by Crippen LogP contribution is -2.30. The molecule has 3 heterocycles. The SMILES string of the molecule is Cc1cccc(C)c1N1C(=O)CS/C1=N\N=C\c1ccc2c(n1)CCc1c-2ncn1-c1ccc(OC(F)(F)F)cc1. The van der Waals surface area contributed by atoms with Gasteiger partial charge in [-0.05, 0) is 74.2 Å². The maximum Gasteiger partial charge on any atom is 0.573 e. The number of aryl methyl sites for hydroxylation is 3. The van der Waals surface area contributed by atoms with E-state index in [1.165, 1.54) is 23.9 Å². The summed E-state index contributed by atoms with van der Waals surface area (Å²) in [6.07, 6.45) is -0.198. The topological polar surface area (TPSA) is 85.0 Å². The second-order valence-corrected chi connectivity index (χ2v) is 10.5. The fourth-order valence-corrected chi connectivity index (χ4v) is 5.86. The Balaban J connectivity index is 1.22. The number of amides is 1. The number of anilines is 1. The molecule has 12 heteroatoms. The first kappa shape index (κ1) is 26.8. The maximum absolute atomic E-state index is 12.6. The molecule has 41 heavy (non-hydrogen) atoms. The van der Waals surface area contributed by atoms with Crippen molar-refractivity contribution in [1.82, 2.24) is 14.5 Å². The van der Waals surface area contributed by atoms with Gasteiger partial charge in [0.2, 0.25) is 5.91 Å². The summed E-state index contributed by atoms with van der Waals surface area (Å²) in [4.78, 5) is 23.6. The zero-order valence-corrected chi connectivity index (χ0v) is 22.8. The first-order chi connectivity index (χ1) is 19.7. The van der Waals surface area contributed by atoms with Crippen molar-refractivity contribution in [2.24, 2.45) is 10.2 Å². The minimum atomic E-state index is -4.74. The first-order valence-electron chi connectivity index (χ1n) is 12.7. The monoisotopic (exact) mass is 576 g/mol. The van der Waals surface area contributed by atoms with Crippen molar-refractivity contribution in [3.05, 3.63) is 89.1 Å². The van der Waals surface area contributed by atoms with E-state index in [1.54, 1.807) is 29.6 Å². The molecule has 1 fully saturated rings. The predicted octanol–water partition coefficient (Wildman–Crippen LogP) is 6.02. The molecule has 6 rings (SSSR count). The van der Waals surface area contributed by atoms with Crippen LogP contribution in [0.4, 0.5) is 18.9 Å². The molecule has 0 spiro atoms. The molecule has 1 aliphatic heterocycles. The average Bonchev–Trinajstić information content (AvgIpc) is 3.52. The van der Waals surface area contributed by atoms with Gasteiger partial charge in [0.15, 0.2) is 5.17 Å². The molecule has 2 aromatic heterocycles. The Bertz CT molecular complexity index is 1690. The molecule has 4 aromatic rings. The molecule has 0 saturated carbocycles. The van der Waals surface area contributed by atoms with Crippen molar-refractivity contribution < 1.29 is 22.7 Å². The van der Waals surface area contributed by atoms with Gasteiger partial charge in [-0.1, -0.05) is 30.0 Å². The number of hydrogen-bond acceptors (Lipinski definition) is 7. The van der Waals surface area contributed by atoms with E-state index >= 15 is 0 Å². The van der Waals surface area contributed by atoms with Crippen LogP contribution in [0.25, 0.3) is 16.9 Å². The fraction of sp³-hybridized carbons (Fsp3) is 0.207. The highest BCUT2D eigenvalue weighted by Gasteiger charge is 2.32. The minimum absolute atomic E-state index is 0.0333. The van der Waals surface area contributed by atoms with E-state index in [1.807, 2.05) is 48.7 Å². The normalized spacial score (nSPS) is 16.0. The standard InChI is InChI=1S/C29H23F3N6O2S/c1-17-4-3-5-18(2)27(17)38-25(39)15-41-28(38)36-34-14-19-6-11-22-23(35-19)12-13-24-26(22)33-16-37(24)20-7-9-21(10-8-20)40-29(30,31)32/h3-11,14,16H,12-13,15H2,1-2H3/b34-14+,36-28-. The van der Waals surface area contributed by atoms with E-state index in [0.717, 1.165) is 39.5 Å². The predicted molar refractivity (Wildman–Crippen MR) is 152 cm³/mol. The number of carbonyl (C=O) groups excluding carboxylic acids is 1. The Labute approximate surface area is 237 Å². The number of rotatable bonds is 5. The number of fused-ring (bicyclic) bond motifs is 3. The van der Waals surface area contributed by atoms with E-state index in [-0.39, 0.29) is 11.7 Å². The van der Waals surface area contributed by atoms with E-state index < -0.39 is 6.36 Å². The number of benzene rings is 2. The number of ether oxygens (including phenoxy) is 1. The smallest absolute Gasteiger partial charge is 0.406 e. The van der Waals surface area contributed by atoms with Crippen LogP contribution in [0, 0.1) is 13.8 Å². The molecule has 0 radical (unpaired) electrons. The van der Waals surface area contributed by atoms with Gasteiger partial charge in [-0.25, -0.2) is 4.98 Å². The van der Waals surface area contributed by atoms with Crippen molar-refractivity contribution in [2.75, 3.05) is 10.7 Å². The quantitative estimate of drug-likeness (QED) is 0.214. The number of para-hydroxylation sites is 1. The summed E-state index contributed by atoms with van der Waals surface area (Å²) < 4.78 is 43.3. The van der Waals surface area contributed by atoms with Crippen LogP contribution >= 0.6 is 11.8 Å². The minimum Gasteiger partial charge on any atom is -0.406 e. The van der Waals surface area contributed by atoms with E-state index in [0.29, 0.717) is 35.1 Å². The van der Waals surface area contributed by atoms with Gasteiger partial charge in [0.05, 0.1) is 40.4 Å². The zero-order chi connectivity index (χ0) is 28.7. The van der Waals surface area contributed by atoms with Gasteiger partial charge in [0.1, 0.15) is 12.1 Å². The van der Waals surface area contributed by atoms with Crippen LogP contribution in [-0.4, -0.2) is 43.9 Å². The van der Waals surface area contributed by atoms with Gasteiger partial charge in [0.25, 0.3) is 0 Å². The number of halogens is 3. The molecule has 208 valence electrons. The Hall–Kier alpha value is -4.45. The second-order valence-electron chi connectivity index (χ2n) is 9.57. The summed E-state index contributed by atoms with van der Waals surface area (Å²) >= 11 is 1.35. The van der Waals surface area contributed by atoms with Gasteiger partial charge in [-0.3, -0.25) is 14.7 Å². The van der Waals surface area contributed by atoms with E-state index in [4.69, 9.17) is 4.98 Å². The first-order valence-corrected chi connectivity index (χ1v) is 13.7. The molecular formula is C29H23F3N6O2S. The number of hydrogen-bond donors (Lipinski definition) is 0. The van der Waals surface area contributed by atoms with Gasteiger partial charge in [-0.15, -0.1) is 18.3 Å². The van der Waals surface area contributed by atoms with Crippen molar-refractivity contribution >= 4 is 34.7 Å². The van der Waals surface area contributed by atoms with Crippen molar-refractivity contribution in [3.8, 4) is 22.7 Å². The number of pyridine rings is 1. The maximum atomic E-state index is 12.6. The third-order valence-electron chi connectivity index (χ3n) is 6.83. The van der Waals surface area contributed by atoms with Crippen LogP contribution in [0.15, 0.2) is 71.1 Å². The molecule has 0 bridgehead atoms. The molecule has 2 aliphatic rings. The third-order valence-corrected chi connectivity index (χ3v) is 7.74. The van der Waals surface area contributed by atoms with Crippen LogP contribution < -0.4 is 9.64 Å². The van der Waals surface area contributed by atoms with Crippen molar-refractivity contribution in [3.63, 3.8) is 0 Å². The Morgan fingerprint density at radius 3 is 2.51 bits per heavy atom. The third kappa shape index (κ3) is 5.34. The number of imidazole rings is 1. The summed E-state index contributed by atoms with van der Waals surface area (Å²) in [6.45, 7) is 3.93. The second kappa shape index (κ2) is 10.5. The number of carbonyl (C=O) groups is 1. The van der Waals surface area contributed by atoms with Crippen molar-refractivity contribution in [1.29, 1.82) is 0 Å². The van der Waals surface area contributed by atoms with Gasteiger partial charge in [-0.2, -0.15) is 5.10 Å². The number of amidine groups is 1. The summed E-state index contributed by atoms with van der Waals surface area (Å²) in [6, 6.07) is 15.3. The molecular weight excluding hydrogens is 553 g/mol. The summed E-state index contributed by atoms with van der Waals surface area (Å²) in [5.41, 5.74) is 7.62. The largest absolute Gasteiger partial charge is 0.573 e. The highest BCUT2D eigenvalue weighted by Crippen LogP contribution is 2.34. The van der Waals surface area contributed by atoms with E-state index in [9.17, 15) is 18.0 Å². The van der Waals surface area contributed by atoms with Gasteiger partial charge >= 0.3 is 6.36 Å². The van der Waals surface area contributed by atoms with Crippen LogP contribution in [0.2, 0.25) is 0 Å². The molecule has 8 nitrogen and oxygen atoms in total. The molecule has 1 saturated heterocycles. The lowest BCUT2D eigenvalue weighted by molar-refractivity contribution is -0.274. The van der Waals surface area contributed by atoms with Gasteiger partial charge in [0, 0.05) is 11.3 Å². The summed E-state index contributed by atoms with van der Waals surface area (Å²) in [5, 5.41) is 9.11. The highest BCUT2D eigenvalue weighted by molar-refractivity contribution is 8.15. The van der Waals surface area contributed by atoms with Crippen LogP contribution in [0.1, 0.15) is 28.2 Å². The lowest BCUT2D eigenvalue weighted by Gasteiger charge is -2.20. The Morgan fingerprint density at radius 2 is 1.78 bits per heavy atom. The molecule has 2 aromatic carbocycles. The number of thioether (sulfide) groups is 1. The van der Waals surface area contributed by atoms with Crippen molar-refractivity contribution in [2.45, 2.75) is 33.1 Å². The Morgan fingerprint density at radius 1 is 1.02 bits per heavy atom. The van der Waals surface area contributed by atoms with E-state index in [2.05, 4.69) is 19.9 Å². The Kier molecular flexibility index (Phi) is 6.86. The lowest BCUT2D eigenvalue weighted by atomic mass is 9.96. The van der Waals surface area contributed by atoms with Gasteiger partial charge < -0.3 is 9.30 Å². The van der Waals surface area contributed by atoms with Crippen LogP contribution in [-0.2, 0) is 17.6 Å². The summed E-state index contributed by atoms with van der Waals surface area (Å²) in [7, 11) is 0. The average molecular weight is 577 g/mol. The zero-order valence-electron chi connectivity index (χ0n) is 22.0. The summed E-state index contributed by atoms with van der Waals surface area (Å²) in [5.74, 6) is -0.00558. The number of nitrogens with zero attached hydrogens (tertiary/aromatic N) is 6.